The topological polar surface area (TPSA) is 67.4 Å². The molecule has 98 valence electrons. The van der Waals surface area contributed by atoms with E-state index in [0.29, 0.717) is 0 Å². The van der Waals surface area contributed by atoms with Crippen molar-refractivity contribution < 1.29 is 23.1 Å². The lowest BCUT2D eigenvalue weighted by atomic mass is 10.2. The summed E-state index contributed by atoms with van der Waals surface area (Å²) in [4.78, 5) is 22.4. The number of nitrogens with one attached hydrogen (secondary N) is 2. The van der Waals surface area contributed by atoms with Crippen molar-refractivity contribution >= 4 is 11.8 Å². The molecule has 2 amide bonds. The second kappa shape index (κ2) is 6.53. The molecule has 1 aromatic rings. The quantitative estimate of drug-likeness (QED) is 0.819. The number of rotatable bonds is 5. The van der Waals surface area contributed by atoms with Crippen molar-refractivity contribution in [1.29, 1.82) is 0 Å². The van der Waals surface area contributed by atoms with Crippen molar-refractivity contribution in [2.75, 3.05) is 13.6 Å². The van der Waals surface area contributed by atoms with Crippen molar-refractivity contribution in [2.24, 2.45) is 0 Å². The zero-order chi connectivity index (χ0) is 13.5. The summed E-state index contributed by atoms with van der Waals surface area (Å²) in [6.07, 6.45) is 0. The first-order valence-electron chi connectivity index (χ1n) is 5.06. The van der Waals surface area contributed by atoms with E-state index in [1.807, 2.05) is 0 Å². The average Bonchev–Trinajstić information content (AvgIpc) is 2.35. The molecule has 0 aromatic heterocycles. The lowest BCUT2D eigenvalue weighted by molar-refractivity contribution is -0.119. The van der Waals surface area contributed by atoms with Gasteiger partial charge in [0.05, 0.1) is 6.54 Å². The number of amides is 2. The molecular formula is C11H12F2N2O3. The molecule has 0 heterocycles. The maximum absolute atomic E-state index is 11.9. The van der Waals surface area contributed by atoms with Crippen molar-refractivity contribution in [2.45, 2.75) is 6.61 Å². The summed E-state index contributed by atoms with van der Waals surface area (Å²) in [6, 6.07) is 5.16. The van der Waals surface area contributed by atoms with E-state index >= 15 is 0 Å². The first-order valence-corrected chi connectivity index (χ1v) is 5.06. The van der Waals surface area contributed by atoms with Gasteiger partial charge in [0.1, 0.15) is 5.75 Å². The highest BCUT2D eigenvalue weighted by Gasteiger charge is 2.08. The summed E-state index contributed by atoms with van der Waals surface area (Å²) in [5.74, 6) is -0.837. The summed E-state index contributed by atoms with van der Waals surface area (Å²) in [5, 5.41) is 4.72. The van der Waals surface area contributed by atoms with Gasteiger partial charge in [-0.05, 0) is 24.3 Å². The van der Waals surface area contributed by atoms with E-state index in [9.17, 15) is 18.4 Å². The van der Waals surface area contributed by atoms with E-state index in [1.54, 1.807) is 0 Å². The fraction of sp³-hybridized carbons (Fsp3) is 0.273. The Morgan fingerprint density at radius 3 is 2.39 bits per heavy atom. The number of carbonyl (C=O) groups is 2. The second-order valence-electron chi connectivity index (χ2n) is 3.26. The van der Waals surface area contributed by atoms with Crippen molar-refractivity contribution in [1.82, 2.24) is 10.6 Å². The van der Waals surface area contributed by atoms with E-state index in [1.165, 1.54) is 31.3 Å². The fourth-order valence-corrected chi connectivity index (χ4v) is 1.14. The Hall–Kier alpha value is -2.18. The summed E-state index contributed by atoms with van der Waals surface area (Å²) >= 11 is 0. The molecule has 5 nitrogen and oxygen atoms in total. The van der Waals surface area contributed by atoms with Crippen LogP contribution in [-0.4, -0.2) is 32.0 Å². The highest BCUT2D eigenvalue weighted by molar-refractivity contribution is 5.96. The van der Waals surface area contributed by atoms with Crippen LogP contribution in [0.3, 0.4) is 0 Å². The van der Waals surface area contributed by atoms with E-state index < -0.39 is 12.5 Å². The van der Waals surface area contributed by atoms with Gasteiger partial charge in [-0.1, -0.05) is 0 Å². The summed E-state index contributed by atoms with van der Waals surface area (Å²) in [6.45, 7) is -3.05. The average molecular weight is 258 g/mol. The Balaban J connectivity index is 2.56. The predicted octanol–water partition coefficient (Wildman–Crippen LogP) is 0.764. The predicted molar refractivity (Wildman–Crippen MR) is 59.5 cm³/mol. The Morgan fingerprint density at radius 2 is 1.89 bits per heavy atom. The number of ether oxygens (including phenoxy) is 1. The largest absolute Gasteiger partial charge is 0.435 e. The number of hydrogen-bond acceptors (Lipinski definition) is 3. The summed E-state index contributed by atoms with van der Waals surface area (Å²) in [5.41, 5.74) is 0.250. The van der Waals surface area contributed by atoms with Crippen LogP contribution in [-0.2, 0) is 4.79 Å². The molecule has 0 atom stereocenters. The third-order valence-corrected chi connectivity index (χ3v) is 2.03. The third kappa shape index (κ3) is 4.36. The zero-order valence-electron chi connectivity index (χ0n) is 9.57. The number of alkyl halides is 2. The van der Waals surface area contributed by atoms with Gasteiger partial charge in [-0.2, -0.15) is 8.78 Å². The molecule has 0 saturated heterocycles. The van der Waals surface area contributed by atoms with Crippen LogP contribution in [0.15, 0.2) is 24.3 Å². The Morgan fingerprint density at radius 1 is 1.28 bits per heavy atom. The van der Waals surface area contributed by atoms with Gasteiger partial charge in [0.15, 0.2) is 0 Å². The van der Waals surface area contributed by atoms with E-state index in [2.05, 4.69) is 15.4 Å². The lowest BCUT2D eigenvalue weighted by Gasteiger charge is -2.06. The molecule has 0 fully saturated rings. The summed E-state index contributed by atoms with van der Waals surface area (Å²) in [7, 11) is 1.45. The van der Waals surface area contributed by atoms with Gasteiger partial charge in [0.25, 0.3) is 5.91 Å². The van der Waals surface area contributed by atoms with Gasteiger partial charge >= 0.3 is 6.61 Å². The Bertz CT molecular complexity index is 421. The molecule has 0 aliphatic rings. The van der Waals surface area contributed by atoms with Crippen molar-refractivity contribution in [3.63, 3.8) is 0 Å². The molecule has 0 saturated carbocycles. The lowest BCUT2D eigenvalue weighted by Crippen LogP contribution is -2.35. The third-order valence-electron chi connectivity index (χ3n) is 2.03. The Labute approximate surface area is 102 Å². The van der Waals surface area contributed by atoms with Gasteiger partial charge < -0.3 is 15.4 Å². The molecule has 0 aliphatic heterocycles. The van der Waals surface area contributed by atoms with E-state index in [0.717, 1.165) is 0 Å². The van der Waals surface area contributed by atoms with Crippen LogP contribution in [0.1, 0.15) is 10.4 Å². The maximum atomic E-state index is 11.9. The number of hydrogen-bond donors (Lipinski definition) is 2. The molecule has 1 rings (SSSR count). The van der Waals surface area contributed by atoms with E-state index in [-0.39, 0.29) is 23.8 Å². The molecule has 0 aliphatic carbocycles. The highest BCUT2D eigenvalue weighted by atomic mass is 19.3. The molecular weight excluding hydrogens is 246 g/mol. The van der Waals surface area contributed by atoms with Crippen LogP contribution < -0.4 is 15.4 Å². The first-order chi connectivity index (χ1) is 8.52. The van der Waals surface area contributed by atoms with Crippen LogP contribution >= 0.6 is 0 Å². The normalized spacial score (nSPS) is 10.0. The van der Waals surface area contributed by atoms with Gasteiger partial charge in [-0.3, -0.25) is 9.59 Å². The number of halogens is 2. The number of likely N-dealkylation sites (N-methyl/N-ethyl adjacent to an activating group) is 1. The summed E-state index contributed by atoms with van der Waals surface area (Å²) < 4.78 is 27.9. The molecule has 0 unspecified atom stereocenters. The second-order valence-corrected chi connectivity index (χ2v) is 3.26. The highest BCUT2D eigenvalue weighted by Crippen LogP contribution is 2.14. The zero-order valence-corrected chi connectivity index (χ0v) is 9.57. The molecule has 0 radical (unpaired) electrons. The molecule has 0 bridgehead atoms. The fourth-order valence-electron chi connectivity index (χ4n) is 1.14. The minimum absolute atomic E-state index is 0.0344. The van der Waals surface area contributed by atoms with Gasteiger partial charge in [0, 0.05) is 12.6 Å². The molecule has 7 heteroatoms. The molecule has 18 heavy (non-hydrogen) atoms. The van der Waals surface area contributed by atoms with Crippen molar-refractivity contribution in [3.8, 4) is 5.75 Å². The smallest absolute Gasteiger partial charge is 0.387 e. The SMILES string of the molecule is CNC(=O)CNC(=O)c1ccc(OC(F)F)cc1. The van der Waals surface area contributed by atoms with Crippen molar-refractivity contribution in [3.05, 3.63) is 29.8 Å². The number of carbonyl (C=O) groups excluding carboxylic acids is 2. The molecule has 0 spiro atoms. The minimum atomic E-state index is -2.90. The molecule has 2 N–H and O–H groups in total. The van der Waals surface area contributed by atoms with Crippen LogP contribution in [0.2, 0.25) is 0 Å². The van der Waals surface area contributed by atoms with Gasteiger partial charge in [0.2, 0.25) is 5.91 Å². The standard InChI is InChI=1S/C11H12F2N2O3/c1-14-9(16)6-15-10(17)7-2-4-8(5-3-7)18-11(12)13/h2-5,11H,6H2,1H3,(H,14,16)(H,15,17). The van der Waals surface area contributed by atoms with Gasteiger partial charge in [-0.15, -0.1) is 0 Å². The van der Waals surface area contributed by atoms with Crippen LogP contribution in [0.4, 0.5) is 8.78 Å². The maximum Gasteiger partial charge on any atom is 0.387 e. The van der Waals surface area contributed by atoms with Crippen LogP contribution in [0.25, 0.3) is 0 Å². The molecule has 1 aromatic carbocycles. The number of benzene rings is 1. The van der Waals surface area contributed by atoms with E-state index in [4.69, 9.17) is 0 Å². The Kier molecular flexibility index (Phi) is 5.04. The monoisotopic (exact) mass is 258 g/mol. The van der Waals surface area contributed by atoms with Crippen LogP contribution in [0.5, 0.6) is 5.75 Å². The van der Waals surface area contributed by atoms with Crippen LogP contribution in [0, 0.1) is 0 Å². The van der Waals surface area contributed by atoms with Gasteiger partial charge in [-0.25, -0.2) is 0 Å². The minimum Gasteiger partial charge on any atom is -0.435 e. The first kappa shape index (κ1) is 13.9.